The van der Waals surface area contributed by atoms with Crippen LogP contribution < -0.4 is 9.80 Å². The number of aryl methyl sites for hydroxylation is 1. The van der Waals surface area contributed by atoms with E-state index in [2.05, 4.69) is 9.97 Å². The molecular formula is C24H29F2N5O4S. The van der Waals surface area contributed by atoms with Crippen LogP contribution in [0.3, 0.4) is 0 Å². The summed E-state index contributed by atoms with van der Waals surface area (Å²) in [5.41, 5.74) is 0.774. The van der Waals surface area contributed by atoms with Gasteiger partial charge in [-0.25, -0.2) is 27.2 Å². The van der Waals surface area contributed by atoms with Gasteiger partial charge >= 0.3 is 0 Å². The van der Waals surface area contributed by atoms with Crippen molar-refractivity contribution in [3.05, 3.63) is 41.7 Å². The first-order valence-corrected chi connectivity index (χ1v) is 13.7. The normalized spacial score (nSPS) is 21.1. The molecular weight excluding hydrogens is 492 g/mol. The van der Waals surface area contributed by atoms with Gasteiger partial charge in [-0.05, 0) is 37.3 Å². The molecule has 0 aliphatic carbocycles. The second kappa shape index (κ2) is 10.1. The molecule has 2 aliphatic rings. The Morgan fingerprint density at radius 1 is 1.08 bits per heavy atom. The van der Waals surface area contributed by atoms with Gasteiger partial charge in [0, 0.05) is 57.3 Å². The van der Waals surface area contributed by atoms with Crippen LogP contribution in [0.15, 0.2) is 29.4 Å². The van der Waals surface area contributed by atoms with Crippen molar-refractivity contribution in [3.63, 3.8) is 0 Å². The molecule has 1 unspecified atom stereocenters. The number of anilines is 2. The summed E-state index contributed by atoms with van der Waals surface area (Å²) in [6, 6.07) is 0.366. The number of hydrogen-bond acceptors (Lipinski definition) is 7. The Hall–Kier alpha value is -3.15. The van der Waals surface area contributed by atoms with Gasteiger partial charge in [0.2, 0.25) is 17.8 Å². The van der Waals surface area contributed by atoms with Gasteiger partial charge in [-0.1, -0.05) is 6.92 Å². The molecule has 2 aliphatic heterocycles. The van der Waals surface area contributed by atoms with Crippen LogP contribution in [-0.4, -0.2) is 73.6 Å². The highest BCUT2D eigenvalue weighted by Gasteiger charge is 2.40. The molecule has 0 N–H and O–H groups in total. The molecule has 3 heterocycles. The number of halogens is 2. The fourth-order valence-electron chi connectivity index (χ4n) is 4.81. The maximum absolute atomic E-state index is 14.8. The lowest BCUT2D eigenvalue weighted by atomic mass is 9.96. The zero-order chi connectivity index (χ0) is 26.2. The van der Waals surface area contributed by atoms with Crippen molar-refractivity contribution in [2.45, 2.75) is 56.0 Å². The zero-order valence-corrected chi connectivity index (χ0v) is 21.3. The van der Waals surface area contributed by atoms with Crippen LogP contribution in [0.4, 0.5) is 20.4 Å². The van der Waals surface area contributed by atoms with Crippen LogP contribution >= 0.6 is 0 Å². The second-order valence-electron chi connectivity index (χ2n) is 9.24. The van der Waals surface area contributed by atoms with Gasteiger partial charge in [0.1, 0.15) is 22.6 Å². The van der Waals surface area contributed by atoms with Crippen molar-refractivity contribution in [2.75, 3.05) is 36.2 Å². The van der Waals surface area contributed by atoms with Gasteiger partial charge in [-0.3, -0.25) is 14.5 Å². The second-order valence-corrected chi connectivity index (χ2v) is 11.2. The van der Waals surface area contributed by atoms with Gasteiger partial charge in [0.25, 0.3) is 0 Å². The predicted octanol–water partition coefficient (Wildman–Crippen LogP) is 2.34. The molecule has 2 fully saturated rings. The molecule has 1 aromatic carbocycles. The third-order valence-corrected chi connectivity index (χ3v) is 7.98. The zero-order valence-electron chi connectivity index (χ0n) is 20.4. The summed E-state index contributed by atoms with van der Waals surface area (Å²) in [5.74, 6) is -2.11. The van der Waals surface area contributed by atoms with E-state index in [1.54, 1.807) is 17.3 Å². The number of carbonyl (C=O) groups excluding carboxylic acids is 2. The number of sulfone groups is 1. The number of carbonyl (C=O) groups is 2. The molecule has 194 valence electrons. The van der Waals surface area contributed by atoms with E-state index in [1.165, 1.54) is 16.8 Å². The molecule has 9 nitrogen and oxygen atoms in total. The van der Waals surface area contributed by atoms with Crippen molar-refractivity contribution >= 4 is 33.3 Å². The average Bonchev–Trinajstić information content (AvgIpc) is 2.84. The first kappa shape index (κ1) is 25.9. The Bertz CT molecular complexity index is 1270. The number of rotatable bonds is 6. The Balaban J connectivity index is 1.48. The Morgan fingerprint density at radius 3 is 2.39 bits per heavy atom. The Labute approximate surface area is 209 Å². The van der Waals surface area contributed by atoms with Crippen molar-refractivity contribution in [1.29, 1.82) is 0 Å². The van der Waals surface area contributed by atoms with Crippen molar-refractivity contribution in [2.24, 2.45) is 0 Å². The molecule has 1 aromatic heterocycles. The summed E-state index contributed by atoms with van der Waals surface area (Å²) in [6.07, 6.45) is 6.69. The van der Waals surface area contributed by atoms with Gasteiger partial charge in [0.15, 0.2) is 9.84 Å². The van der Waals surface area contributed by atoms with Crippen molar-refractivity contribution in [1.82, 2.24) is 14.9 Å². The van der Waals surface area contributed by atoms with Crippen LogP contribution in [0.2, 0.25) is 0 Å². The molecule has 2 amide bonds. The number of nitrogens with zero attached hydrogens (tertiary/aromatic N) is 5. The van der Waals surface area contributed by atoms with Gasteiger partial charge in [0.05, 0.1) is 5.69 Å². The fraction of sp³-hybridized carbons (Fsp3) is 0.500. The van der Waals surface area contributed by atoms with E-state index in [0.717, 1.165) is 24.3 Å². The van der Waals surface area contributed by atoms with Crippen LogP contribution in [0, 0.1) is 11.6 Å². The summed E-state index contributed by atoms with van der Waals surface area (Å²) in [7, 11) is -2.46. The third kappa shape index (κ3) is 5.04. The number of likely N-dealkylation sites (N-methyl/N-ethyl adjacent to an activating group) is 1. The van der Waals surface area contributed by atoms with Crippen molar-refractivity contribution < 1.29 is 26.8 Å². The summed E-state index contributed by atoms with van der Waals surface area (Å²) >= 11 is 0. The van der Waals surface area contributed by atoms with E-state index in [9.17, 15) is 26.8 Å². The predicted molar refractivity (Wildman–Crippen MR) is 129 cm³/mol. The molecule has 0 saturated carbocycles. The number of amides is 2. The number of likely N-dealkylation sites (tertiary alicyclic amines) is 1. The van der Waals surface area contributed by atoms with E-state index in [4.69, 9.17) is 0 Å². The minimum absolute atomic E-state index is 0.118. The minimum Gasteiger partial charge on any atom is -0.360 e. The largest absolute Gasteiger partial charge is 0.360 e. The molecule has 12 heteroatoms. The van der Waals surface area contributed by atoms with Gasteiger partial charge in [-0.15, -0.1) is 0 Å². The van der Waals surface area contributed by atoms with E-state index < -0.39 is 32.4 Å². The lowest BCUT2D eigenvalue weighted by Crippen LogP contribution is -2.57. The smallest absolute Gasteiger partial charge is 0.245 e. The summed E-state index contributed by atoms with van der Waals surface area (Å²) in [5, 5.41) is 0. The lowest BCUT2D eigenvalue weighted by Gasteiger charge is -2.43. The number of benzene rings is 1. The maximum atomic E-state index is 14.8. The highest BCUT2D eigenvalue weighted by molar-refractivity contribution is 7.90. The quantitative estimate of drug-likeness (QED) is 0.575. The first-order valence-electron chi connectivity index (χ1n) is 11.8. The SMILES string of the molecule is CCc1cnc(N2CCC(N3CCC[C@H](N(C)c4cc(F)c(S(C)(=O)=O)cc4F)C3=O)CC2=O)nc1. The maximum Gasteiger partial charge on any atom is 0.245 e. The summed E-state index contributed by atoms with van der Waals surface area (Å²) in [6.45, 7) is 2.82. The topological polar surface area (TPSA) is 104 Å². The first-order chi connectivity index (χ1) is 17.0. The molecule has 0 spiro atoms. The average molecular weight is 522 g/mol. The number of hydrogen-bond donors (Lipinski definition) is 0. The van der Waals surface area contributed by atoms with E-state index in [1.807, 2.05) is 6.92 Å². The van der Waals surface area contributed by atoms with Crippen LogP contribution in [-0.2, 0) is 25.8 Å². The molecule has 4 rings (SSSR count). The third-order valence-electron chi connectivity index (χ3n) is 6.87. The minimum atomic E-state index is -3.94. The van der Waals surface area contributed by atoms with Gasteiger partial charge in [-0.2, -0.15) is 0 Å². The molecule has 2 saturated heterocycles. The Morgan fingerprint density at radius 2 is 1.78 bits per heavy atom. The highest BCUT2D eigenvalue weighted by atomic mass is 32.2. The molecule has 2 aromatic rings. The Kier molecular flexibility index (Phi) is 7.26. The summed E-state index contributed by atoms with van der Waals surface area (Å²) < 4.78 is 52.7. The fourth-order valence-corrected chi connectivity index (χ4v) is 5.54. The monoisotopic (exact) mass is 521 g/mol. The van der Waals surface area contributed by atoms with Crippen molar-refractivity contribution in [3.8, 4) is 0 Å². The van der Waals surface area contributed by atoms with Gasteiger partial charge < -0.3 is 9.80 Å². The molecule has 36 heavy (non-hydrogen) atoms. The van der Waals surface area contributed by atoms with Crippen LogP contribution in [0.1, 0.15) is 38.2 Å². The molecule has 2 atom stereocenters. The molecule has 0 bridgehead atoms. The van der Waals surface area contributed by atoms with E-state index in [0.29, 0.717) is 44.4 Å². The van der Waals surface area contributed by atoms with Crippen LogP contribution in [0.25, 0.3) is 0 Å². The van der Waals surface area contributed by atoms with E-state index >= 15 is 0 Å². The molecule has 0 radical (unpaired) electrons. The number of piperidine rings is 2. The standard InChI is InChI=1S/C24H29F2N5O4S/c1-4-15-13-27-24(28-14-15)31-9-7-16(10-22(31)32)30-8-5-6-19(23(30)33)29(2)20-11-18(26)21(12-17(20)25)36(3,34)35/h11-14,16,19H,4-10H2,1-3H3/t16?,19-/m0/s1. The number of aromatic nitrogens is 2. The van der Waals surface area contributed by atoms with Crippen LogP contribution in [0.5, 0.6) is 0 Å². The summed E-state index contributed by atoms with van der Waals surface area (Å²) in [4.78, 5) is 38.7. The highest BCUT2D eigenvalue weighted by Crippen LogP contribution is 2.31. The van der Waals surface area contributed by atoms with E-state index in [-0.39, 0.29) is 30.0 Å². The lowest BCUT2D eigenvalue weighted by molar-refractivity contribution is -0.139.